The van der Waals surface area contributed by atoms with Crippen LogP contribution in [0.2, 0.25) is 0 Å². The lowest BCUT2D eigenvalue weighted by molar-refractivity contribution is 0.107. The molecule has 0 unspecified atom stereocenters. The number of nitrogens with zero attached hydrogens (tertiary/aromatic N) is 3. The molecule has 0 aliphatic carbocycles. The maximum absolute atomic E-state index is 2.65. The summed E-state index contributed by atoms with van der Waals surface area (Å²) in [6, 6.07) is 22.3. The van der Waals surface area contributed by atoms with Crippen molar-refractivity contribution in [1.29, 1.82) is 0 Å². The second kappa shape index (κ2) is 9.14. The molecular weight excluding hydrogens is 306 g/mol. The van der Waals surface area contributed by atoms with Crippen LogP contribution in [0.15, 0.2) is 60.7 Å². The lowest BCUT2D eigenvalue weighted by Crippen LogP contribution is -2.48. The fraction of sp³-hybridized carbons (Fsp3) is 0.455. The summed E-state index contributed by atoms with van der Waals surface area (Å²) >= 11 is 0. The Labute approximate surface area is 152 Å². The van der Waals surface area contributed by atoms with Gasteiger partial charge in [-0.3, -0.25) is 4.90 Å². The molecule has 3 heteroatoms. The minimum Gasteiger partial charge on any atom is -0.309 e. The molecule has 0 atom stereocenters. The molecule has 0 aromatic heterocycles. The molecule has 1 aliphatic heterocycles. The minimum atomic E-state index is 0.367. The van der Waals surface area contributed by atoms with Gasteiger partial charge in [0, 0.05) is 26.2 Å². The van der Waals surface area contributed by atoms with Crippen molar-refractivity contribution in [2.75, 3.05) is 53.4 Å². The summed E-state index contributed by atoms with van der Waals surface area (Å²) in [6.07, 6.45) is 1.26. The van der Waals surface area contributed by atoms with E-state index < -0.39 is 0 Å². The highest BCUT2D eigenvalue weighted by Crippen LogP contribution is 2.29. The highest BCUT2D eigenvalue weighted by molar-refractivity contribution is 5.31. The molecule has 2 aromatic rings. The Morgan fingerprint density at radius 2 is 1.32 bits per heavy atom. The van der Waals surface area contributed by atoms with Gasteiger partial charge in [-0.2, -0.15) is 0 Å². The van der Waals surface area contributed by atoms with E-state index in [1.54, 1.807) is 0 Å². The molecule has 3 nitrogen and oxygen atoms in total. The van der Waals surface area contributed by atoms with E-state index in [1.807, 2.05) is 0 Å². The normalized spacial score (nSPS) is 16.6. The average molecular weight is 338 g/mol. The summed E-state index contributed by atoms with van der Waals surface area (Å²) in [5, 5.41) is 0. The van der Waals surface area contributed by atoms with Crippen LogP contribution in [0.3, 0.4) is 0 Å². The van der Waals surface area contributed by atoms with Crippen LogP contribution in [0, 0.1) is 0 Å². The van der Waals surface area contributed by atoms with Crippen molar-refractivity contribution in [1.82, 2.24) is 14.7 Å². The minimum absolute atomic E-state index is 0.367. The maximum atomic E-state index is 2.65. The highest BCUT2D eigenvalue weighted by Gasteiger charge is 2.25. The van der Waals surface area contributed by atoms with Gasteiger partial charge in [0.2, 0.25) is 0 Å². The first-order valence-corrected chi connectivity index (χ1v) is 9.45. The first kappa shape index (κ1) is 18.1. The van der Waals surface area contributed by atoms with E-state index in [4.69, 9.17) is 0 Å². The van der Waals surface area contributed by atoms with Crippen molar-refractivity contribution in [3.8, 4) is 0 Å². The summed E-state index contributed by atoms with van der Waals surface area (Å²) in [5.74, 6) is 0. The Kier molecular flexibility index (Phi) is 6.62. The Morgan fingerprint density at radius 3 is 1.80 bits per heavy atom. The molecule has 0 N–H and O–H groups in total. The SMILES string of the molecule is CN(C)CCCN1CCN(C(c2ccccc2)c2ccccc2)CC1. The third-order valence-electron chi connectivity index (χ3n) is 5.08. The molecule has 0 spiro atoms. The van der Waals surface area contributed by atoms with Crippen molar-refractivity contribution in [2.45, 2.75) is 12.5 Å². The van der Waals surface area contributed by atoms with Crippen LogP contribution >= 0.6 is 0 Å². The van der Waals surface area contributed by atoms with Crippen molar-refractivity contribution in [3.63, 3.8) is 0 Å². The van der Waals surface area contributed by atoms with Crippen LogP contribution < -0.4 is 0 Å². The van der Waals surface area contributed by atoms with Gasteiger partial charge in [0.1, 0.15) is 0 Å². The van der Waals surface area contributed by atoms with Crippen LogP contribution in [-0.4, -0.2) is 68.1 Å². The number of rotatable bonds is 7. The van der Waals surface area contributed by atoms with Gasteiger partial charge in [-0.25, -0.2) is 0 Å². The lowest BCUT2D eigenvalue weighted by atomic mass is 9.96. The summed E-state index contributed by atoms with van der Waals surface area (Å²) in [5.41, 5.74) is 2.80. The van der Waals surface area contributed by atoms with E-state index in [2.05, 4.69) is 89.5 Å². The first-order chi connectivity index (χ1) is 12.2. The van der Waals surface area contributed by atoms with Gasteiger partial charge in [-0.1, -0.05) is 60.7 Å². The van der Waals surface area contributed by atoms with Gasteiger partial charge in [0.05, 0.1) is 6.04 Å². The van der Waals surface area contributed by atoms with E-state index in [1.165, 1.54) is 43.7 Å². The largest absolute Gasteiger partial charge is 0.309 e. The van der Waals surface area contributed by atoms with Crippen LogP contribution in [0.4, 0.5) is 0 Å². The zero-order valence-electron chi connectivity index (χ0n) is 15.6. The maximum Gasteiger partial charge on any atom is 0.0602 e. The zero-order valence-corrected chi connectivity index (χ0v) is 15.6. The predicted octanol–water partition coefficient (Wildman–Crippen LogP) is 3.35. The Morgan fingerprint density at radius 1 is 0.800 bits per heavy atom. The standard InChI is InChI=1S/C22H31N3/c1-23(2)14-9-15-24-16-18-25(19-17-24)22(20-10-5-3-6-11-20)21-12-7-4-8-13-21/h3-8,10-13,22H,9,14-19H2,1-2H3. The lowest BCUT2D eigenvalue weighted by Gasteiger charge is -2.40. The molecule has 1 saturated heterocycles. The zero-order chi connectivity index (χ0) is 17.5. The van der Waals surface area contributed by atoms with E-state index in [-0.39, 0.29) is 0 Å². The molecule has 2 aromatic carbocycles. The van der Waals surface area contributed by atoms with Crippen LogP contribution in [0.5, 0.6) is 0 Å². The molecule has 0 bridgehead atoms. The molecular formula is C22H31N3. The van der Waals surface area contributed by atoms with Crippen LogP contribution in [0.25, 0.3) is 0 Å². The van der Waals surface area contributed by atoms with Gasteiger partial charge in [-0.05, 0) is 44.7 Å². The smallest absolute Gasteiger partial charge is 0.0602 e. The molecule has 3 rings (SSSR count). The summed E-state index contributed by atoms with van der Waals surface area (Å²) < 4.78 is 0. The third kappa shape index (κ3) is 5.15. The first-order valence-electron chi connectivity index (χ1n) is 9.45. The van der Waals surface area contributed by atoms with Crippen molar-refractivity contribution in [3.05, 3.63) is 71.8 Å². The van der Waals surface area contributed by atoms with Gasteiger partial charge in [0.25, 0.3) is 0 Å². The van der Waals surface area contributed by atoms with Gasteiger partial charge in [0.15, 0.2) is 0 Å². The Hall–Kier alpha value is -1.68. The van der Waals surface area contributed by atoms with Crippen molar-refractivity contribution < 1.29 is 0 Å². The summed E-state index contributed by atoms with van der Waals surface area (Å²) in [6.45, 7) is 7.00. The monoisotopic (exact) mass is 337 g/mol. The molecule has 134 valence electrons. The second-order valence-electron chi connectivity index (χ2n) is 7.26. The van der Waals surface area contributed by atoms with Gasteiger partial charge < -0.3 is 9.80 Å². The predicted molar refractivity (Wildman–Crippen MR) is 106 cm³/mol. The fourth-order valence-electron chi connectivity index (χ4n) is 3.74. The number of piperazine rings is 1. The van der Waals surface area contributed by atoms with Gasteiger partial charge >= 0.3 is 0 Å². The topological polar surface area (TPSA) is 9.72 Å². The molecule has 1 fully saturated rings. The third-order valence-corrected chi connectivity index (χ3v) is 5.08. The van der Waals surface area contributed by atoms with Gasteiger partial charge in [-0.15, -0.1) is 0 Å². The quantitative estimate of drug-likeness (QED) is 0.767. The summed E-state index contributed by atoms with van der Waals surface area (Å²) in [4.78, 5) is 7.54. The average Bonchev–Trinajstić information content (AvgIpc) is 2.65. The number of hydrogen-bond donors (Lipinski definition) is 0. The molecule has 0 radical (unpaired) electrons. The van der Waals surface area contributed by atoms with E-state index in [9.17, 15) is 0 Å². The van der Waals surface area contributed by atoms with Crippen molar-refractivity contribution in [2.24, 2.45) is 0 Å². The fourth-order valence-corrected chi connectivity index (χ4v) is 3.74. The molecule has 0 amide bonds. The van der Waals surface area contributed by atoms with E-state index >= 15 is 0 Å². The molecule has 25 heavy (non-hydrogen) atoms. The Balaban J connectivity index is 1.65. The highest BCUT2D eigenvalue weighted by atomic mass is 15.3. The van der Waals surface area contributed by atoms with Crippen LogP contribution in [0.1, 0.15) is 23.6 Å². The van der Waals surface area contributed by atoms with Crippen molar-refractivity contribution >= 4 is 0 Å². The Bertz CT molecular complexity index is 564. The van der Waals surface area contributed by atoms with E-state index in [0.717, 1.165) is 13.1 Å². The second-order valence-corrected chi connectivity index (χ2v) is 7.26. The molecule has 1 aliphatic rings. The number of benzene rings is 2. The molecule has 0 saturated carbocycles. The van der Waals surface area contributed by atoms with E-state index in [0.29, 0.717) is 6.04 Å². The molecule has 1 heterocycles. The van der Waals surface area contributed by atoms with Crippen LogP contribution in [-0.2, 0) is 0 Å². The number of hydrogen-bond acceptors (Lipinski definition) is 3. The summed E-state index contributed by atoms with van der Waals surface area (Å²) in [7, 11) is 4.31.